The van der Waals surface area contributed by atoms with Gasteiger partial charge < -0.3 is 19.5 Å². The zero-order valence-corrected chi connectivity index (χ0v) is 17.5. The van der Waals surface area contributed by atoms with Crippen LogP contribution in [0.3, 0.4) is 0 Å². The fourth-order valence-electron chi connectivity index (χ4n) is 2.75. The zero-order chi connectivity index (χ0) is 20.7. The van der Waals surface area contributed by atoms with Crippen LogP contribution in [0.5, 0.6) is 17.2 Å². The minimum Gasteiger partial charge on any atom is -0.493 e. The molecule has 2 aromatic rings. The predicted octanol–water partition coefficient (Wildman–Crippen LogP) is 4.34. The number of rotatable bonds is 7. The van der Waals surface area contributed by atoms with E-state index in [1.165, 1.54) is 11.6 Å². The SMILES string of the molecule is COc1cc(CNC(=O)/C=C/c2ccc(C(C)(C)C)cc2)cc(OC)c1OC. The molecular formula is C23H29NO4. The fraction of sp³-hybridized carbons (Fsp3) is 0.348. The largest absolute Gasteiger partial charge is 0.493 e. The van der Waals surface area contributed by atoms with Crippen molar-refractivity contribution in [2.45, 2.75) is 32.7 Å². The summed E-state index contributed by atoms with van der Waals surface area (Å²) in [5.74, 6) is 1.47. The molecule has 1 N–H and O–H groups in total. The molecule has 0 saturated carbocycles. The van der Waals surface area contributed by atoms with E-state index in [-0.39, 0.29) is 11.3 Å². The van der Waals surface area contributed by atoms with Crippen LogP contribution in [0.1, 0.15) is 37.5 Å². The number of carbonyl (C=O) groups excluding carboxylic acids is 1. The minimum atomic E-state index is -0.173. The molecule has 0 spiro atoms. The third-order valence-electron chi connectivity index (χ3n) is 4.40. The van der Waals surface area contributed by atoms with Gasteiger partial charge in [-0.15, -0.1) is 0 Å². The molecule has 5 heteroatoms. The van der Waals surface area contributed by atoms with Gasteiger partial charge in [0, 0.05) is 12.6 Å². The summed E-state index contributed by atoms with van der Waals surface area (Å²) >= 11 is 0. The quantitative estimate of drug-likeness (QED) is 0.723. The normalized spacial score (nSPS) is 11.4. The number of benzene rings is 2. The van der Waals surface area contributed by atoms with Crippen LogP contribution in [0.4, 0.5) is 0 Å². The highest BCUT2D eigenvalue weighted by Crippen LogP contribution is 2.38. The van der Waals surface area contributed by atoms with Crippen molar-refractivity contribution < 1.29 is 19.0 Å². The van der Waals surface area contributed by atoms with Crippen molar-refractivity contribution in [3.8, 4) is 17.2 Å². The Hall–Kier alpha value is -2.95. The van der Waals surface area contributed by atoms with Gasteiger partial charge in [-0.3, -0.25) is 4.79 Å². The van der Waals surface area contributed by atoms with Gasteiger partial charge in [-0.25, -0.2) is 0 Å². The number of hydrogen-bond donors (Lipinski definition) is 1. The fourth-order valence-corrected chi connectivity index (χ4v) is 2.75. The van der Waals surface area contributed by atoms with Gasteiger partial charge in [-0.1, -0.05) is 45.0 Å². The molecule has 0 atom stereocenters. The molecule has 1 amide bonds. The Morgan fingerprint density at radius 3 is 2.00 bits per heavy atom. The van der Waals surface area contributed by atoms with E-state index in [0.29, 0.717) is 23.8 Å². The molecule has 0 aliphatic carbocycles. The molecule has 0 aromatic heterocycles. The van der Waals surface area contributed by atoms with Crippen molar-refractivity contribution in [1.82, 2.24) is 5.32 Å². The number of carbonyl (C=O) groups is 1. The summed E-state index contributed by atoms with van der Waals surface area (Å²) in [6.07, 6.45) is 3.33. The molecule has 0 bridgehead atoms. The van der Waals surface area contributed by atoms with Crippen LogP contribution in [-0.4, -0.2) is 27.2 Å². The Balaban J connectivity index is 2.01. The molecule has 0 saturated heterocycles. The van der Waals surface area contributed by atoms with Crippen LogP contribution < -0.4 is 19.5 Å². The van der Waals surface area contributed by atoms with E-state index in [0.717, 1.165) is 11.1 Å². The third kappa shape index (κ3) is 5.52. The van der Waals surface area contributed by atoms with Crippen LogP contribution in [0.25, 0.3) is 6.08 Å². The van der Waals surface area contributed by atoms with Gasteiger partial charge in [0.25, 0.3) is 0 Å². The van der Waals surface area contributed by atoms with Crippen molar-refractivity contribution in [2.24, 2.45) is 0 Å². The first-order valence-corrected chi connectivity index (χ1v) is 9.14. The number of methoxy groups -OCH3 is 3. The molecular weight excluding hydrogens is 354 g/mol. The first-order valence-electron chi connectivity index (χ1n) is 9.14. The lowest BCUT2D eigenvalue weighted by Gasteiger charge is -2.18. The molecule has 5 nitrogen and oxygen atoms in total. The number of ether oxygens (including phenoxy) is 3. The lowest BCUT2D eigenvalue weighted by atomic mass is 9.87. The van der Waals surface area contributed by atoms with E-state index >= 15 is 0 Å². The number of hydrogen-bond acceptors (Lipinski definition) is 4. The maximum Gasteiger partial charge on any atom is 0.244 e. The lowest BCUT2D eigenvalue weighted by molar-refractivity contribution is -0.116. The molecule has 2 rings (SSSR count). The summed E-state index contributed by atoms with van der Waals surface area (Å²) in [7, 11) is 4.68. The molecule has 0 fully saturated rings. The second-order valence-corrected chi connectivity index (χ2v) is 7.46. The molecule has 28 heavy (non-hydrogen) atoms. The van der Waals surface area contributed by atoms with Gasteiger partial charge in [-0.05, 0) is 40.3 Å². The monoisotopic (exact) mass is 383 g/mol. The third-order valence-corrected chi connectivity index (χ3v) is 4.40. The summed E-state index contributed by atoms with van der Waals surface area (Å²) in [5.41, 5.74) is 3.21. The Kier molecular flexibility index (Phi) is 7.10. The van der Waals surface area contributed by atoms with Gasteiger partial charge in [-0.2, -0.15) is 0 Å². The first-order chi connectivity index (χ1) is 13.3. The number of amides is 1. The Bertz CT molecular complexity index is 808. The molecule has 150 valence electrons. The second-order valence-electron chi connectivity index (χ2n) is 7.46. The summed E-state index contributed by atoms with van der Waals surface area (Å²) in [5, 5.41) is 2.87. The summed E-state index contributed by atoms with van der Waals surface area (Å²) in [4.78, 5) is 12.2. The van der Waals surface area contributed by atoms with Gasteiger partial charge in [0.1, 0.15) is 0 Å². The molecule has 0 aliphatic heterocycles. The first kappa shape index (κ1) is 21.4. The standard InChI is InChI=1S/C23H29NO4/c1-23(2,3)18-10-7-16(8-11-18)9-12-21(25)24-15-17-13-19(26-4)22(28-6)20(14-17)27-5/h7-14H,15H2,1-6H3,(H,24,25)/b12-9+. The van der Waals surface area contributed by atoms with Gasteiger partial charge in [0.15, 0.2) is 11.5 Å². The van der Waals surface area contributed by atoms with E-state index in [9.17, 15) is 4.79 Å². The maximum absolute atomic E-state index is 12.2. The highest BCUT2D eigenvalue weighted by Gasteiger charge is 2.14. The van der Waals surface area contributed by atoms with Crippen LogP contribution >= 0.6 is 0 Å². The molecule has 0 unspecified atom stereocenters. The zero-order valence-electron chi connectivity index (χ0n) is 17.5. The van der Waals surface area contributed by atoms with Crippen LogP contribution in [0.15, 0.2) is 42.5 Å². The minimum absolute atomic E-state index is 0.111. The van der Waals surface area contributed by atoms with E-state index in [1.54, 1.807) is 27.4 Å². The topological polar surface area (TPSA) is 56.8 Å². The van der Waals surface area contributed by atoms with Gasteiger partial charge in [0.05, 0.1) is 21.3 Å². The summed E-state index contributed by atoms with van der Waals surface area (Å²) < 4.78 is 16.0. The molecule has 2 aromatic carbocycles. The summed E-state index contributed by atoms with van der Waals surface area (Å²) in [6.45, 7) is 6.88. The smallest absolute Gasteiger partial charge is 0.244 e. The Labute approximate surface area is 167 Å². The average molecular weight is 383 g/mol. The molecule has 0 heterocycles. The molecule has 0 radical (unpaired) electrons. The van der Waals surface area contributed by atoms with Crippen molar-refractivity contribution in [3.05, 3.63) is 59.2 Å². The van der Waals surface area contributed by atoms with E-state index < -0.39 is 0 Å². The highest BCUT2D eigenvalue weighted by atomic mass is 16.5. The lowest BCUT2D eigenvalue weighted by Crippen LogP contribution is -2.20. The van der Waals surface area contributed by atoms with Crippen molar-refractivity contribution in [3.63, 3.8) is 0 Å². The summed E-state index contributed by atoms with van der Waals surface area (Å²) in [6, 6.07) is 11.8. The molecule has 0 aliphatic rings. The van der Waals surface area contributed by atoms with Crippen LogP contribution in [-0.2, 0) is 16.8 Å². The number of nitrogens with one attached hydrogen (secondary N) is 1. The highest BCUT2D eigenvalue weighted by molar-refractivity contribution is 5.91. The maximum atomic E-state index is 12.2. The van der Waals surface area contributed by atoms with Crippen molar-refractivity contribution in [1.29, 1.82) is 0 Å². The van der Waals surface area contributed by atoms with Gasteiger partial charge >= 0.3 is 0 Å². The van der Waals surface area contributed by atoms with E-state index in [1.807, 2.05) is 24.3 Å². The Morgan fingerprint density at radius 1 is 0.964 bits per heavy atom. The van der Waals surface area contributed by atoms with Crippen molar-refractivity contribution >= 4 is 12.0 Å². The predicted molar refractivity (Wildman–Crippen MR) is 112 cm³/mol. The second kappa shape index (κ2) is 9.31. The van der Waals surface area contributed by atoms with E-state index in [2.05, 4.69) is 38.2 Å². The van der Waals surface area contributed by atoms with E-state index in [4.69, 9.17) is 14.2 Å². The van der Waals surface area contributed by atoms with Gasteiger partial charge in [0.2, 0.25) is 11.7 Å². The average Bonchev–Trinajstić information content (AvgIpc) is 2.69. The van der Waals surface area contributed by atoms with Crippen molar-refractivity contribution in [2.75, 3.05) is 21.3 Å². The van der Waals surface area contributed by atoms with Crippen LogP contribution in [0, 0.1) is 0 Å². The Morgan fingerprint density at radius 2 is 1.54 bits per heavy atom. The van der Waals surface area contributed by atoms with Crippen LogP contribution in [0.2, 0.25) is 0 Å².